The maximum absolute atomic E-state index is 14.1. The molecule has 2 aromatic rings. The molecule has 7 heteroatoms. The van der Waals surface area contributed by atoms with Gasteiger partial charge in [0.25, 0.3) is 5.91 Å². The highest BCUT2D eigenvalue weighted by atomic mass is 32.1. The first kappa shape index (κ1) is 17.6. The van der Waals surface area contributed by atoms with Crippen LogP contribution in [-0.2, 0) is 14.3 Å². The Bertz CT molecular complexity index is 728. The lowest BCUT2D eigenvalue weighted by molar-refractivity contribution is -0.131. The van der Waals surface area contributed by atoms with Gasteiger partial charge >= 0.3 is 5.97 Å². The number of hydrogen-bond donors (Lipinski definition) is 1. The van der Waals surface area contributed by atoms with Gasteiger partial charge in [0.1, 0.15) is 10.7 Å². The van der Waals surface area contributed by atoms with E-state index in [-0.39, 0.29) is 11.7 Å². The van der Waals surface area contributed by atoms with Crippen molar-refractivity contribution >= 4 is 23.2 Å². The van der Waals surface area contributed by atoms with E-state index >= 15 is 0 Å². The van der Waals surface area contributed by atoms with Crippen molar-refractivity contribution in [3.8, 4) is 0 Å². The van der Waals surface area contributed by atoms with Gasteiger partial charge < -0.3 is 14.8 Å². The van der Waals surface area contributed by atoms with Gasteiger partial charge in [-0.05, 0) is 30.4 Å². The Morgan fingerprint density at radius 3 is 2.84 bits per heavy atom. The molecule has 1 aliphatic heterocycles. The van der Waals surface area contributed by atoms with Crippen molar-refractivity contribution in [2.24, 2.45) is 0 Å². The second kappa shape index (κ2) is 8.22. The van der Waals surface area contributed by atoms with Gasteiger partial charge in [-0.25, -0.2) is 9.18 Å². The minimum atomic E-state index is -1.35. The lowest BCUT2D eigenvalue weighted by atomic mass is 10.1. The number of halogens is 1. The molecule has 0 aliphatic carbocycles. The normalized spacial score (nSPS) is 17.9. The van der Waals surface area contributed by atoms with Crippen LogP contribution in [0.3, 0.4) is 0 Å². The molecule has 2 heterocycles. The smallest absolute Gasteiger partial charge is 0.349 e. The zero-order valence-corrected chi connectivity index (χ0v) is 14.3. The number of hydrogen-bond acceptors (Lipinski definition) is 5. The van der Waals surface area contributed by atoms with Crippen LogP contribution >= 0.6 is 11.3 Å². The van der Waals surface area contributed by atoms with Crippen molar-refractivity contribution in [2.75, 3.05) is 13.2 Å². The van der Waals surface area contributed by atoms with Gasteiger partial charge in [-0.2, -0.15) is 0 Å². The summed E-state index contributed by atoms with van der Waals surface area (Å²) in [6.45, 7) is 0.977. The molecule has 25 heavy (non-hydrogen) atoms. The number of rotatable bonds is 6. The summed E-state index contributed by atoms with van der Waals surface area (Å²) in [4.78, 5) is 25.1. The molecule has 3 rings (SSSR count). The summed E-state index contributed by atoms with van der Waals surface area (Å²) in [5, 5.41) is 4.43. The number of thiophene rings is 1. The van der Waals surface area contributed by atoms with Crippen LogP contribution < -0.4 is 5.32 Å². The first-order valence-corrected chi connectivity index (χ1v) is 8.91. The average molecular weight is 363 g/mol. The van der Waals surface area contributed by atoms with Gasteiger partial charge in [-0.3, -0.25) is 4.79 Å². The van der Waals surface area contributed by atoms with Crippen LogP contribution in [0.5, 0.6) is 0 Å². The largest absolute Gasteiger partial charge is 0.443 e. The minimum absolute atomic E-state index is 0.0252. The van der Waals surface area contributed by atoms with Crippen molar-refractivity contribution in [1.29, 1.82) is 0 Å². The second-order valence-electron chi connectivity index (χ2n) is 5.66. The van der Waals surface area contributed by atoms with E-state index in [4.69, 9.17) is 9.47 Å². The fourth-order valence-electron chi connectivity index (χ4n) is 2.62. The molecule has 5 nitrogen and oxygen atoms in total. The monoisotopic (exact) mass is 363 g/mol. The van der Waals surface area contributed by atoms with E-state index in [0.717, 1.165) is 12.8 Å². The molecule has 1 amide bonds. The number of carbonyl (C=O) groups is 2. The van der Waals surface area contributed by atoms with Gasteiger partial charge in [0.15, 0.2) is 0 Å². The zero-order valence-electron chi connectivity index (χ0n) is 13.4. The molecule has 0 spiro atoms. The van der Waals surface area contributed by atoms with E-state index in [1.54, 1.807) is 23.6 Å². The Hall–Kier alpha value is -2.25. The summed E-state index contributed by atoms with van der Waals surface area (Å²) in [5.41, 5.74) is 0.0252. The Morgan fingerprint density at radius 2 is 2.16 bits per heavy atom. The molecule has 1 aromatic carbocycles. The van der Waals surface area contributed by atoms with Crippen molar-refractivity contribution in [3.63, 3.8) is 0 Å². The summed E-state index contributed by atoms with van der Waals surface area (Å²) < 4.78 is 24.9. The molecular formula is C18H18FNO4S. The van der Waals surface area contributed by atoms with Crippen molar-refractivity contribution in [3.05, 3.63) is 58.0 Å². The molecule has 1 fully saturated rings. The molecule has 1 N–H and O–H groups in total. The summed E-state index contributed by atoms with van der Waals surface area (Å²) in [6.07, 6.45) is 0.403. The van der Waals surface area contributed by atoms with Crippen molar-refractivity contribution < 1.29 is 23.5 Å². The standard InChI is InChI=1S/C18H18FNO4S/c19-14-7-2-1-6-13(14)16(24-18(22)15-8-4-10-25-15)17(21)20-11-12-5-3-9-23-12/h1-2,4,6-8,10,12,16H,3,5,9,11H2,(H,20,21)/t12-,16-/m1/s1. The molecule has 0 saturated carbocycles. The highest BCUT2D eigenvalue weighted by Gasteiger charge is 2.29. The Morgan fingerprint density at radius 1 is 1.32 bits per heavy atom. The fourth-order valence-corrected chi connectivity index (χ4v) is 3.22. The van der Waals surface area contributed by atoms with Crippen molar-refractivity contribution in [2.45, 2.75) is 25.0 Å². The third-order valence-electron chi connectivity index (χ3n) is 3.90. The third-order valence-corrected chi connectivity index (χ3v) is 4.75. The molecule has 2 atom stereocenters. The van der Waals surface area contributed by atoms with E-state index < -0.39 is 23.8 Å². The summed E-state index contributed by atoms with van der Waals surface area (Å²) in [5.74, 6) is -1.82. The molecule has 0 radical (unpaired) electrons. The first-order valence-electron chi connectivity index (χ1n) is 8.03. The van der Waals surface area contributed by atoms with Crippen LogP contribution in [0.2, 0.25) is 0 Å². The van der Waals surface area contributed by atoms with E-state index in [1.807, 2.05) is 0 Å². The van der Waals surface area contributed by atoms with E-state index in [2.05, 4.69) is 5.32 Å². The minimum Gasteiger partial charge on any atom is -0.443 e. The van der Waals surface area contributed by atoms with Gasteiger partial charge in [-0.1, -0.05) is 24.3 Å². The topological polar surface area (TPSA) is 64.6 Å². The maximum atomic E-state index is 14.1. The Labute approximate surface area is 148 Å². The molecule has 1 saturated heterocycles. The number of carbonyl (C=O) groups excluding carboxylic acids is 2. The van der Waals surface area contributed by atoms with Crippen LogP contribution in [0.1, 0.15) is 34.2 Å². The van der Waals surface area contributed by atoms with Crippen LogP contribution in [0.25, 0.3) is 0 Å². The molecule has 0 unspecified atom stereocenters. The quantitative estimate of drug-likeness (QED) is 0.801. The molecule has 1 aliphatic rings. The number of nitrogens with one attached hydrogen (secondary N) is 1. The first-order chi connectivity index (χ1) is 12.1. The molecular weight excluding hydrogens is 345 g/mol. The highest BCUT2D eigenvalue weighted by molar-refractivity contribution is 7.11. The number of benzene rings is 1. The predicted molar refractivity (Wildman–Crippen MR) is 90.9 cm³/mol. The van der Waals surface area contributed by atoms with E-state index in [0.29, 0.717) is 18.0 Å². The van der Waals surface area contributed by atoms with Gasteiger partial charge in [0.2, 0.25) is 6.10 Å². The number of esters is 1. The summed E-state index contributed by atoms with van der Waals surface area (Å²) in [6, 6.07) is 9.08. The van der Waals surface area contributed by atoms with E-state index in [1.165, 1.54) is 29.5 Å². The molecule has 1 aromatic heterocycles. The van der Waals surface area contributed by atoms with Crippen molar-refractivity contribution in [1.82, 2.24) is 5.32 Å². The fraction of sp³-hybridized carbons (Fsp3) is 0.333. The Kier molecular flexibility index (Phi) is 5.78. The van der Waals surface area contributed by atoms with Crippen LogP contribution in [-0.4, -0.2) is 31.1 Å². The lowest BCUT2D eigenvalue weighted by Crippen LogP contribution is -2.37. The summed E-state index contributed by atoms with van der Waals surface area (Å²) in [7, 11) is 0. The van der Waals surface area contributed by atoms with Crippen LogP contribution in [0, 0.1) is 5.82 Å². The zero-order chi connectivity index (χ0) is 17.6. The maximum Gasteiger partial charge on any atom is 0.349 e. The average Bonchev–Trinajstić information content (AvgIpc) is 3.31. The third kappa shape index (κ3) is 4.43. The van der Waals surface area contributed by atoms with E-state index in [9.17, 15) is 14.0 Å². The number of amides is 1. The number of ether oxygens (including phenoxy) is 2. The molecule has 0 bridgehead atoms. The van der Waals surface area contributed by atoms with Gasteiger partial charge in [0, 0.05) is 18.7 Å². The Balaban J connectivity index is 1.74. The van der Waals surface area contributed by atoms with Crippen LogP contribution in [0.4, 0.5) is 4.39 Å². The lowest BCUT2D eigenvalue weighted by Gasteiger charge is -2.19. The highest BCUT2D eigenvalue weighted by Crippen LogP contribution is 2.24. The summed E-state index contributed by atoms with van der Waals surface area (Å²) >= 11 is 1.20. The van der Waals surface area contributed by atoms with Gasteiger partial charge in [0.05, 0.1) is 6.10 Å². The van der Waals surface area contributed by atoms with Gasteiger partial charge in [-0.15, -0.1) is 11.3 Å². The SMILES string of the molecule is O=C(O[C@@H](C(=O)NC[C@H]1CCCO1)c1ccccc1F)c1cccs1. The second-order valence-corrected chi connectivity index (χ2v) is 6.61. The van der Waals surface area contributed by atoms with Crippen LogP contribution in [0.15, 0.2) is 41.8 Å². The predicted octanol–water partition coefficient (Wildman–Crippen LogP) is 3.08. The molecule has 132 valence electrons.